The summed E-state index contributed by atoms with van der Waals surface area (Å²) in [6, 6.07) is 9.68. The van der Waals surface area contributed by atoms with E-state index >= 15 is 0 Å². The van der Waals surface area contributed by atoms with Gasteiger partial charge in [0.1, 0.15) is 17.6 Å². The van der Waals surface area contributed by atoms with Gasteiger partial charge in [-0.1, -0.05) is 29.3 Å². The molecular formula is C16H8Cl2N2O3S. The molecule has 0 fully saturated rings. The minimum atomic E-state index is -0.881. The molecule has 1 amide bonds. The normalized spacial score (nSPS) is 14.5. The van der Waals surface area contributed by atoms with Gasteiger partial charge in [-0.25, -0.2) is 0 Å². The molecule has 120 valence electrons. The number of rotatable bonds is 2. The van der Waals surface area contributed by atoms with E-state index in [4.69, 9.17) is 38.9 Å². The van der Waals surface area contributed by atoms with Gasteiger partial charge >= 0.3 is 0 Å². The quantitative estimate of drug-likeness (QED) is 0.606. The maximum atomic E-state index is 11.3. The van der Waals surface area contributed by atoms with Gasteiger partial charge < -0.3 is 15.6 Å². The molecule has 5 nitrogen and oxygen atoms in total. The fourth-order valence-electron chi connectivity index (χ4n) is 2.16. The first-order valence-corrected chi connectivity index (χ1v) is 8.10. The monoisotopic (exact) mass is 378 g/mol. The number of phenols is 1. The Balaban J connectivity index is 2.16. The van der Waals surface area contributed by atoms with Crippen LogP contribution in [0.25, 0.3) is 11.1 Å². The molecule has 0 saturated carbocycles. The Hall–Kier alpha value is -2.33. The van der Waals surface area contributed by atoms with Crippen LogP contribution in [0, 0.1) is 11.3 Å². The molecule has 0 atom stereocenters. The molecule has 1 heterocycles. The maximum Gasteiger partial charge on any atom is 0.263 e. The molecule has 2 aromatic rings. The fraction of sp³-hybridized carbons (Fsp3) is 0. The molecule has 0 spiro atoms. The van der Waals surface area contributed by atoms with Crippen molar-refractivity contribution in [1.82, 2.24) is 0 Å². The first kappa shape index (κ1) is 16.5. The van der Waals surface area contributed by atoms with Gasteiger partial charge in [-0.2, -0.15) is 5.26 Å². The van der Waals surface area contributed by atoms with Crippen molar-refractivity contribution in [2.45, 2.75) is 4.90 Å². The second-order valence-electron chi connectivity index (χ2n) is 4.79. The second kappa shape index (κ2) is 6.29. The zero-order valence-corrected chi connectivity index (χ0v) is 14.2. The van der Waals surface area contributed by atoms with Crippen LogP contribution in [0.3, 0.4) is 0 Å². The van der Waals surface area contributed by atoms with E-state index in [1.807, 2.05) is 0 Å². The Bertz CT molecular complexity index is 951. The summed E-state index contributed by atoms with van der Waals surface area (Å²) in [7, 11) is 0. The number of fused-ring (bicyclic) bond motifs is 1. The molecule has 8 heteroatoms. The van der Waals surface area contributed by atoms with Crippen LogP contribution >= 0.6 is 35.0 Å². The third-order valence-electron chi connectivity index (χ3n) is 3.23. The maximum absolute atomic E-state index is 11.3. The summed E-state index contributed by atoms with van der Waals surface area (Å²) in [6.45, 7) is 0. The van der Waals surface area contributed by atoms with Crippen LogP contribution in [-0.4, -0.2) is 11.0 Å². The van der Waals surface area contributed by atoms with E-state index in [-0.39, 0.29) is 16.4 Å². The van der Waals surface area contributed by atoms with Crippen LogP contribution in [-0.2, 0) is 4.79 Å². The van der Waals surface area contributed by atoms with E-state index in [1.54, 1.807) is 24.3 Å². The van der Waals surface area contributed by atoms with Crippen LogP contribution in [0.4, 0.5) is 0 Å². The van der Waals surface area contributed by atoms with Crippen molar-refractivity contribution in [3.63, 3.8) is 0 Å². The molecule has 1 aliphatic rings. The predicted molar refractivity (Wildman–Crippen MR) is 91.9 cm³/mol. The zero-order valence-electron chi connectivity index (χ0n) is 11.8. The first-order valence-electron chi connectivity index (χ1n) is 6.53. The number of hydrogen-bond donors (Lipinski definition) is 2. The van der Waals surface area contributed by atoms with Crippen molar-refractivity contribution < 1.29 is 14.6 Å². The van der Waals surface area contributed by atoms with Crippen molar-refractivity contribution in [3.05, 3.63) is 51.0 Å². The number of thioether (sulfide) groups is 1. The fourth-order valence-corrected chi connectivity index (χ4v) is 3.46. The number of nitrogens with two attached hydrogens (primary N) is 1. The minimum absolute atomic E-state index is 0.00440. The van der Waals surface area contributed by atoms with Crippen molar-refractivity contribution in [3.8, 4) is 28.7 Å². The Kier molecular flexibility index (Phi) is 4.33. The second-order valence-corrected chi connectivity index (χ2v) is 6.62. The van der Waals surface area contributed by atoms with Gasteiger partial charge in [0.25, 0.3) is 5.91 Å². The Morgan fingerprint density at radius 1 is 1.25 bits per heavy atom. The molecule has 0 aliphatic carbocycles. The molecule has 24 heavy (non-hydrogen) atoms. The Labute approximate surface area is 151 Å². The average molecular weight is 379 g/mol. The number of halogens is 2. The SMILES string of the molecule is N#C/C(C(N)=O)=C1/Oc2c(cc(O)cc2-c2ccc(Cl)c(Cl)c2)S1. The number of nitriles is 1. The number of ether oxygens (including phenoxy) is 1. The van der Waals surface area contributed by atoms with E-state index in [0.717, 1.165) is 11.8 Å². The lowest BCUT2D eigenvalue weighted by atomic mass is 10.0. The van der Waals surface area contributed by atoms with Crippen molar-refractivity contribution in [2.75, 3.05) is 0 Å². The number of carbonyl (C=O) groups is 1. The summed E-state index contributed by atoms with van der Waals surface area (Å²) >= 11 is 13.0. The molecule has 0 radical (unpaired) electrons. The van der Waals surface area contributed by atoms with Crippen LogP contribution in [0.15, 0.2) is 45.9 Å². The lowest BCUT2D eigenvalue weighted by molar-refractivity contribution is -0.114. The van der Waals surface area contributed by atoms with Crippen LogP contribution in [0.2, 0.25) is 10.0 Å². The molecule has 3 N–H and O–H groups in total. The highest BCUT2D eigenvalue weighted by Gasteiger charge is 2.28. The largest absolute Gasteiger partial charge is 0.508 e. The van der Waals surface area contributed by atoms with E-state index in [2.05, 4.69) is 0 Å². The third-order valence-corrected chi connectivity index (χ3v) is 4.97. The highest BCUT2D eigenvalue weighted by atomic mass is 35.5. The molecule has 0 unspecified atom stereocenters. The van der Waals surface area contributed by atoms with Crippen molar-refractivity contribution >= 4 is 40.9 Å². The molecule has 3 rings (SSSR count). The first-order chi connectivity index (χ1) is 11.4. The molecule has 0 saturated heterocycles. The van der Waals surface area contributed by atoms with Gasteiger partial charge in [0.2, 0.25) is 0 Å². The molecule has 1 aliphatic heterocycles. The number of carbonyl (C=O) groups excluding carboxylic acids is 1. The van der Waals surface area contributed by atoms with Gasteiger partial charge in [0, 0.05) is 5.56 Å². The van der Waals surface area contributed by atoms with Crippen molar-refractivity contribution in [1.29, 1.82) is 5.26 Å². The van der Waals surface area contributed by atoms with Gasteiger partial charge in [0.05, 0.1) is 14.9 Å². The van der Waals surface area contributed by atoms with E-state index < -0.39 is 5.91 Å². The standard InChI is InChI=1S/C16H8Cl2N2O3S/c17-11-2-1-7(3-12(11)18)9-4-8(21)5-13-14(9)23-16(24-13)10(6-19)15(20)22/h1-5,21H,(H2,20,22)/b16-10+. The summed E-state index contributed by atoms with van der Waals surface area (Å²) in [5.74, 6) is -0.474. The lowest BCUT2D eigenvalue weighted by Crippen LogP contribution is -2.15. The van der Waals surface area contributed by atoms with Gasteiger partial charge in [-0.05, 0) is 41.6 Å². The summed E-state index contributed by atoms with van der Waals surface area (Å²) in [5.41, 5.74) is 6.11. The number of nitrogens with zero attached hydrogens (tertiary/aromatic N) is 1. The molecule has 2 aromatic carbocycles. The number of aromatic hydroxyl groups is 1. The average Bonchev–Trinajstić information content (AvgIpc) is 2.92. The summed E-state index contributed by atoms with van der Waals surface area (Å²) < 4.78 is 5.66. The van der Waals surface area contributed by atoms with Crippen molar-refractivity contribution in [2.24, 2.45) is 5.73 Å². The summed E-state index contributed by atoms with van der Waals surface area (Å²) in [5, 5.41) is 19.8. The minimum Gasteiger partial charge on any atom is -0.508 e. The number of phenolic OH excluding ortho intramolecular Hbond substituents is 1. The van der Waals surface area contributed by atoms with Crippen LogP contribution in [0.5, 0.6) is 11.5 Å². The van der Waals surface area contributed by atoms with E-state index in [9.17, 15) is 9.90 Å². The highest BCUT2D eigenvalue weighted by molar-refractivity contribution is 8.03. The topological polar surface area (TPSA) is 96.3 Å². The van der Waals surface area contributed by atoms with Crippen LogP contribution in [0.1, 0.15) is 0 Å². The summed E-state index contributed by atoms with van der Waals surface area (Å²) in [4.78, 5) is 11.9. The molecular weight excluding hydrogens is 371 g/mol. The molecule has 0 aromatic heterocycles. The zero-order chi connectivity index (χ0) is 17.4. The van der Waals surface area contributed by atoms with Gasteiger partial charge in [0.15, 0.2) is 10.7 Å². The Morgan fingerprint density at radius 3 is 2.62 bits per heavy atom. The van der Waals surface area contributed by atoms with E-state index in [1.165, 1.54) is 12.1 Å². The van der Waals surface area contributed by atoms with E-state index in [0.29, 0.717) is 31.8 Å². The lowest BCUT2D eigenvalue weighted by Gasteiger charge is -2.09. The Morgan fingerprint density at radius 2 is 2.00 bits per heavy atom. The smallest absolute Gasteiger partial charge is 0.263 e. The van der Waals surface area contributed by atoms with Gasteiger partial charge in [-0.15, -0.1) is 0 Å². The number of primary amides is 1. The predicted octanol–water partition coefficient (Wildman–Crippen LogP) is 4.07. The summed E-state index contributed by atoms with van der Waals surface area (Å²) in [6.07, 6.45) is 0. The molecule has 0 bridgehead atoms. The number of amides is 1. The number of benzene rings is 2. The van der Waals surface area contributed by atoms with Crippen LogP contribution < -0.4 is 10.5 Å². The number of hydrogen-bond acceptors (Lipinski definition) is 5. The highest BCUT2D eigenvalue weighted by Crippen LogP contribution is 2.51. The van der Waals surface area contributed by atoms with Gasteiger partial charge in [-0.3, -0.25) is 4.79 Å². The third kappa shape index (κ3) is 2.89.